The van der Waals surface area contributed by atoms with E-state index in [0.717, 1.165) is 12.1 Å². The number of alkyl halides is 3. The van der Waals surface area contributed by atoms with Gasteiger partial charge in [-0.2, -0.15) is 13.2 Å². The van der Waals surface area contributed by atoms with Gasteiger partial charge in [0.2, 0.25) is 0 Å². The smallest absolute Gasteiger partial charge is 0.416 e. The van der Waals surface area contributed by atoms with Crippen LogP contribution in [0.4, 0.5) is 13.2 Å². The summed E-state index contributed by atoms with van der Waals surface area (Å²) in [7, 11) is 0. The fourth-order valence-corrected chi connectivity index (χ4v) is 3.22. The van der Waals surface area contributed by atoms with E-state index in [1.807, 2.05) is 0 Å². The third kappa shape index (κ3) is 4.96. The topological polar surface area (TPSA) is 67.0 Å². The maximum absolute atomic E-state index is 12.9. The average Bonchev–Trinajstić information content (AvgIpc) is 3.04. The minimum absolute atomic E-state index is 0.204. The Balaban J connectivity index is 1.56. The molecule has 0 spiro atoms. The van der Waals surface area contributed by atoms with E-state index in [1.54, 1.807) is 24.3 Å². The number of fused-ring (bicyclic) bond motifs is 1. The number of nitrogens with one attached hydrogen (secondary N) is 2. The number of halogens is 5. The van der Waals surface area contributed by atoms with E-state index in [1.165, 1.54) is 0 Å². The molecule has 0 unspecified atom stereocenters. The summed E-state index contributed by atoms with van der Waals surface area (Å²) in [5, 5.41) is 3.06. The number of imidazole rings is 1. The molecule has 2 N–H and O–H groups in total. The molecular formula is C18H14BrClF3N3O2. The van der Waals surface area contributed by atoms with Crippen molar-refractivity contribution >= 4 is 44.5 Å². The van der Waals surface area contributed by atoms with Gasteiger partial charge in [0, 0.05) is 17.4 Å². The molecule has 28 heavy (non-hydrogen) atoms. The highest BCUT2D eigenvalue weighted by Gasteiger charge is 2.31. The largest absolute Gasteiger partial charge is 0.482 e. The Morgan fingerprint density at radius 3 is 2.75 bits per heavy atom. The summed E-state index contributed by atoms with van der Waals surface area (Å²) in [6, 6.07) is 8.78. The Morgan fingerprint density at radius 2 is 2.04 bits per heavy atom. The van der Waals surface area contributed by atoms with E-state index < -0.39 is 11.7 Å². The van der Waals surface area contributed by atoms with E-state index in [0.29, 0.717) is 28.5 Å². The Morgan fingerprint density at radius 1 is 1.29 bits per heavy atom. The second-order valence-corrected chi connectivity index (χ2v) is 7.12. The molecule has 0 saturated heterocycles. The summed E-state index contributed by atoms with van der Waals surface area (Å²) >= 11 is 9.05. The van der Waals surface area contributed by atoms with Gasteiger partial charge in [0.15, 0.2) is 6.61 Å². The minimum Gasteiger partial charge on any atom is -0.482 e. The Hall–Kier alpha value is -2.26. The van der Waals surface area contributed by atoms with Crippen LogP contribution in [0.2, 0.25) is 5.02 Å². The molecule has 3 rings (SSSR count). The standard InChI is InChI=1S/C18H14BrClF3N3O2/c19-11-7-10(18(21,22)23)8-13-17(11)26-15(25-13)5-6-24-16(27)9-28-14-4-2-1-3-12(14)20/h1-4,7-8H,5-6,9H2,(H,24,27)(H,25,26). The van der Waals surface area contributed by atoms with Gasteiger partial charge in [0.1, 0.15) is 17.1 Å². The molecule has 0 saturated carbocycles. The number of amides is 1. The number of rotatable bonds is 6. The number of hydrogen-bond donors (Lipinski definition) is 2. The van der Waals surface area contributed by atoms with Crippen molar-refractivity contribution in [2.24, 2.45) is 0 Å². The first kappa shape index (κ1) is 20.5. The van der Waals surface area contributed by atoms with Gasteiger partial charge in [-0.05, 0) is 40.2 Å². The lowest BCUT2D eigenvalue weighted by molar-refractivity contribution is -0.137. The lowest BCUT2D eigenvalue weighted by Crippen LogP contribution is -2.30. The first-order chi connectivity index (χ1) is 13.2. The summed E-state index contributed by atoms with van der Waals surface area (Å²) in [5.74, 6) is 0.515. The lowest BCUT2D eigenvalue weighted by Gasteiger charge is -2.08. The van der Waals surface area contributed by atoms with E-state index >= 15 is 0 Å². The predicted octanol–water partition coefficient (Wildman–Crippen LogP) is 4.74. The summed E-state index contributed by atoms with van der Waals surface area (Å²) in [6.45, 7) is 0.0403. The Labute approximate surface area is 171 Å². The van der Waals surface area contributed by atoms with Crippen molar-refractivity contribution in [1.29, 1.82) is 0 Å². The number of aromatic amines is 1. The molecule has 0 aliphatic rings. The van der Waals surface area contributed by atoms with Crippen LogP contribution >= 0.6 is 27.5 Å². The molecule has 2 aromatic carbocycles. The molecule has 0 atom stereocenters. The number of aromatic nitrogens is 2. The number of carbonyl (C=O) groups excluding carboxylic acids is 1. The van der Waals surface area contributed by atoms with E-state index in [9.17, 15) is 18.0 Å². The zero-order valence-electron chi connectivity index (χ0n) is 14.2. The molecule has 148 valence electrons. The molecule has 1 aromatic heterocycles. The highest BCUT2D eigenvalue weighted by molar-refractivity contribution is 9.10. The van der Waals surface area contributed by atoms with Gasteiger partial charge in [-0.15, -0.1) is 0 Å². The van der Waals surface area contributed by atoms with Crippen LogP contribution in [0.3, 0.4) is 0 Å². The van der Waals surface area contributed by atoms with Gasteiger partial charge in [-0.3, -0.25) is 4.79 Å². The number of hydrogen-bond acceptors (Lipinski definition) is 3. The quantitative estimate of drug-likeness (QED) is 0.540. The number of benzene rings is 2. The highest BCUT2D eigenvalue weighted by atomic mass is 79.9. The average molecular weight is 477 g/mol. The fourth-order valence-electron chi connectivity index (χ4n) is 2.48. The molecule has 0 aliphatic heterocycles. The SMILES string of the molecule is O=C(COc1ccccc1Cl)NCCc1nc2c(Br)cc(C(F)(F)F)cc2[nH]1. The van der Waals surface area contributed by atoms with Crippen LogP contribution < -0.4 is 10.1 Å². The molecule has 0 fully saturated rings. The number of carbonyl (C=O) groups is 1. The molecular weight excluding hydrogens is 463 g/mol. The minimum atomic E-state index is -4.45. The van der Waals surface area contributed by atoms with E-state index in [4.69, 9.17) is 16.3 Å². The summed E-state index contributed by atoms with van der Waals surface area (Å²) in [4.78, 5) is 19.0. The summed E-state index contributed by atoms with van der Waals surface area (Å²) in [5.41, 5.74) is -0.103. The first-order valence-corrected chi connectivity index (χ1v) is 9.30. The molecule has 5 nitrogen and oxygen atoms in total. The van der Waals surface area contributed by atoms with Crippen molar-refractivity contribution in [2.45, 2.75) is 12.6 Å². The van der Waals surface area contributed by atoms with Gasteiger partial charge in [0.05, 0.1) is 16.1 Å². The number of nitrogens with zero attached hydrogens (tertiary/aromatic N) is 1. The van der Waals surface area contributed by atoms with Crippen LogP contribution in [-0.4, -0.2) is 29.0 Å². The van der Waals surface area contributed by atoms with Gasteiger partial charge in [-0.25, -0.2) is 4.98 Å². The highest BCUT2D eigenvalue weighted by Crippen LogP contribution is 2.34. The molecule has 10 heteroatoms. The maximum Gasteiger partial charge on any atom is 0.416 e. The van der Waals surface area contributed by atoms with Crippen molar-refractivity contribution in [3.63, 3.8) is 0 Å². The fraction of sp³-hybridized carbons (Fsp3) is 0.222. The van der Waals surface area contributed by atoms with Crippen LogP contribution in [-0.2, 0) is 17.4 Å². The number of ether oxygens (including phenoxy) is 1. The third-order valence-corrected chi connectivity index (χ3v) is 4.71. The second-order valence-electron chi connectivity index (χ2n) is 5.85. The first-order valence-electron chi connectivity index (χ1n) is 8.13. The van der Waals surface area contributed by atoms with Crippen molar-refractivity contribution in [3.8, 4) is 5.75 Å². The molecule has 0 aliphatic carbocycles. The van der Waals surface area contributed by atoms with Crippen molar-refractivity contribution in [2.75, 3.05) is 13.2 Å². The molecule has 0 radical (unpaired) electrons. The maximum atomic E-state index is 12.9. The van der Waals surface area contributed by atoms with Gasteiger partial charge in [-0.1, -0.05) is 23.7 Å². The molecule has 0 bridgehead atoms. The zero-order chi connectivity index (χ0) is 20.3. The van der Waals surface area contributed by atoms with Gasteiger partial charge < -0.3 is 15.0 Å². The van der Waals surface area contributed by atoms with Crippen LogP contribution in [0.15, 0.2) is 40.9 Å². The molecule has 3 aromatic rings. The molecule has 1 heterocycles. The lowest BCUT2D eigenvalue weighted by atomic mass is 10.2. The Kier molecular flexibility index (Phi) is 6.14. The van der Waals surface area contributed by atoms with Gasteiger partial charge in [0.25, 0.3) is 5.91 Å². The zero-order valence-corrected chi connectivity index (χ0v) is 16.6. The van der Waals surface area contributed by atoms with Crippen LogP contribution in [0.5, 0.6) is 5.75 Å². The number of H-pyrrole nitrogens is 1. The van der Waals surface area contributed by atoms with Crippen molar-refractivity contribution in [1.82, 2.24) is 15.3 Å². The Bertz CT molecular complexity index is 1010. The van der Waals surface area contributed by atoms with Crippen LogP contribution in [0, 0.1) is 0 Å². The van der Waals surface area contributed by atoms with Crippen molar-refractivity contribution in [3.05, 3.63) is 57.3 Å². The summed E-state index contributed by atoms with van der Waals surface area (Å²) in [6.07, 6.45) is -4.13. The van der Waals surface area contributed by atoms with Crippen molar-refractivity contribution < 1.29 is 22.7 Å². The predicted molar refractivity (Wildman–Crippen MR) is 102 cm³/mol. The van der Waals surface area contributed by atoms with Gasteiger partial charge >= 0.3 is 6.18 Å². The van der Waals surface area contributed by atoms with Crippen LogP contribution in [0.1, 0.15) is 11.4 Å². The van der Waals surface area contributed by atoms with E-state index in [-0.39, 0.29) is 29.0 Å². The van der Waals surface area contributed by atoms with E-state index in [2.05, 4.69) is 31.2 Å². The number of para-hydroxylation sites is 1. The normalized spacial score (nSPS) is 11.6. The van der Waals surface area contributed by atoms with Crippen LogP contribution in [0.25, 0.3) is 11.0 Å². The third-order valence-electron chi connectivity index (χ3n) is 3.80. The molecule has 1 amide bonds. The summed E-state index contributed by atoms with van der Waals surface area (Å²) < 4.78 is 44.3. The second kappa shape index (κ2) is 8.40. The monoisotopic (exact) mass is 475 g/mol.